The molecule has 3 heterocycles. The fourth-order valence-corrected chi connectivity index (χ4v) is 3.55. The fourth-order valence-electron chi connectivity index (χ4n) is 2.54. The Labute approximate surface area is 126 Å². The van der Waals surface area contributed by atoms with Crippen molar-refractivity contribution in [3.63, 3.8) is 0 Å². The van der Waals surface area contributed by atoms with Crippen LogP contribution in [0.25, 0.3) is 10.6 Å². The van der Waals surface area contributed by atoms with Crippen molar-refractivity contribution in [3.8, 4) is 10.6 Å². The number of carbonyl (C=O) groups excluding carboxylic acids is 1. The first-order chi connectivity index (χ1) is 9.54. The molecule has 1 N–H and O–H groups in total. The van der Waals surface area contributed by atoms with Crippen molar-refractivity contribution in [1.29, 1.82) is 0 Å². The number of carbonyl (C=O) groups is 1. The standard InChI is InChI=1S/C14H16ClN3OS/c1-8(2)18-7-9(5-13(18)19)14-16-6-10(17-14)11-3-4-12(15)20-11/h3-4,6,8-9H,5,7H2,1-2H3,(H,16,17)/t9-/m0/s1. The number of nitrogens with one attached hydrogen (secondary N) is 1. The summed E-state index contributed by atoms with van der Waals surface area (Å²) < 4.78 is 0.762. The average molecular weight is 310 g/mol. The minimum atomic E-state index is 0.161. The number of amides is 1. The minimum absolute atomic E-state index is 0.161. The van der Waals surface area contributed by atoms with Gasteiger partial charge in [-0.2, -0.15) is 0 Å². The van der Waals surface area contributed by atoms with Gasteiger partial charge in [0.2, 0.25) is 5.91 Å². The quantitative estimate of drug-likeness (QED) is 0.943. The molecule has 106 valence electrons. The lowest BCUT2D eigenvalue weighted by Gasteiger charge is -2.20. The van der Waals surface area contributed by atoms with E-state index in [9.17, 15) is 4.79 Å². The third-order valence-corrected chi connectivity index (χ3v) is 4.87. The summed E-state index contributed by atoms with van der Waals surface area (Å²) in [5.41, 5.74) is 0.965. The topological polar surface area (TPSA) is 49.0 Å². The molecule has 0 saturated carbocycles. The summed E-state index contributed by atoms with van der Waals surface area (Å²) in [6.07, 6.45) is 2.36. The van der Waals surface area contributed by atoms with Crippen LogP contribution in [0.3, 0.4) is 0 Å². The molecule has 0 aliphatic carbocycles. The van der Waals surface area contributed by atoms with Gasteiger partial charge in [-0.1, -0.05) is 11.6 Å². The van der Waals surface area contributed by atoms with E-state index in [0.717, 1.165) is 27.3 Å². The van der Waals surface area contributed by atoms with Crippen LogP contribution >= 0.6 is 22.9 Å². The van der Waals surface area contributed by atoms with Gasteiger partial charge in [-0.05, 0) is 26.0 Å². The Bertz CT molecular complexity index is 634. The molecule has 6 heteroatoms. The predicted octanol–water partition coefficient (Wildman–Crippen LogP) is 3.52. The van der Waals surface area contributed by atoms with Crippen molar-refractivity contribution in [3.05, 3.63) is 28.5 Å². The molecule has 0 unspecified atom stereocenters. The van der Waals surface area contributed by atoms with E-state index in [1.165, 1.54) is 11.3 Å². The van der Waals surface area contributed by atoms with Gasteiger partial charge in [-0.25, -0.2) is 4.98 Å². The summed E-state index contributed by atoms with van der Waals surface area (Å²) in [4.78, 5) is 22.7. The number of nitrogens with zero attached hydrogens (tertiary/aromatic N) is 2. The van der Waals surface area contributed by atoms with Gasteiger partial charge in [0.25, 0.3) is 0 Å². The lowest BCUT2D eigenvalue weighted by Crippen LogP contribution is -2.31. The summed E-state index contributed by atoms with van der Waals surface area (Å²) in [7, 11) is 0. The second-order valence-corrected chi connectivity index (χ2v) is 7.04. The second kappa shape index (κ2) is 5.22. The largest absolute Gasteiger partial charge is 0.341 e. The van der Waals surface area contributed by atoms with E-state index >= 15 is 0 Å². The van der Waals surface area contributed by atoms with E-state index in [-0.39, 0.29) is 17.9 Å². The zero-order valence-electron chi connectivity index (χ0n) is 11.4. The van der Waals surface area contributed by atoms with E-state index in [2.05, 4.69) is 9.97 Å². The van der Waals surface area contributed by atoms with Crippen molar-refractivity contribution in [2.24, 2.45) is 0 Å². The predicted molar refractivity (Wildman–Crippen MR) is 81.1 cm³/mol. The first-order valence-corrected chi connectivity index (χ1v) is 7.84. The van der Waals surface area contributed by atoms with Gasteiger partial charge in [0.05, 0.1) is 21.1 Å². The van der Waals surface area contributed by atoms with Crippen LogP contribution in [-0.2, 0) is 4.79 Å². The Balaban J connectivity index is 1.80. The summed E-state index contributed by atoms with van der Waals surface area (Å²) in [5, 5.41) is 0. The number of H-pyrrole nitrogens is 1. The van der Waals surface area contributed by atoms with Crippen LogP contribution in [0.15, 0.2) is 18.3 Å². The fraction of sp³-hybridized carbons (Fsp3) is 0.429. The van der Waals surface area contributed by atoms with Gasteiger partial charge in [0.1, 0.15) is 5.82 Å². The first kappa shape index (κ1) is 13.6. The molecule has 4 nitrogen and oxygen atoms in total. The van der Waals surface area contributed by atoms with Gasteiger partial charge in [0.15, 0.2) is 0 Å². The molecule has 2 aromatic rings. The zero-order chi connectivity index (χ0) is 14.3. The molecule has 20 heavy (non-hydrogen) atoms. The summed E-state index contributed by atoms with van der Waals surface area (Å²) in [6.45, 7) is 4.83. The van der Waals surface area contributed by atoms with E-state index in [1.54, 1.807) is 0 Å². The number of aromatic amines is 1. The molecule has 2 aromatic heterocycles. The summed E-state index contributed by atoms with van der Waals surface area (Å²) in [5.74, 6) is 1.26. The Hall–Kier alpha value is -1.33. The number of likely N-dealkylation sites (tertiary alicyclic amines) is 1. The van der Waals surface area contributed by atoms with Gasteiger partial charge < -0.3 is 9.88 Å². The molecule has 0 radical (unpaired) electrons. The van der Waals surface area contributed by atoms with Crippen molar-refractivity contribution >= 4 is 28.8 Å². The van der Waals surface area contributed by atoms with Gasteiger partial charge in [0, 0.05) is 24.9 Å². The molecule has 0 spiro atoms. The molecule has 0 aromatic carbocycles. The van der Waals surface area contributed by atoms with E-state index in [4.69, 9.17) is 11.6 Å². The Morgan fingerprint density at radius 1 is 1.50 bits per heavy atom. The van der Waals surface area contributed by atoms with Crippen LogP contribution in [-0.4, -0.2) is 33.4 Å². The summed E-state index contributed by atoms with van der Waals surface area (Å²) in [6, 6.07) is 4.10. The zero-order valence-corrected chi connectivity index (χ0v) is 13.0. The Morgan fingerprint density at radius 3 is 2.90 bits per heavy atom. The number of aromatic nitrogens is 2. The first-order valence-electron chi connectivity index (χ1n) is 6.64. The van der Waals surface area contributed by atoms with Crippen molar-refractivity contribution in [2.75, 3.05) is 6.54 Å². The SMILES string of the molecule is CC(C)N1C[C@@H](c2ncc(-c3ccc(Cl)s3)[nH]2)CC1=O. The monoisotopic (exact) mass is 309 g/mol. The molecule has 1 atom stereocenters. The third-order valence-electron chi connectivity index (χ3n) is 3.60. The van der Waals surface area contributed by atoms with Crippen molar-refractivity contribution in [1.82, 2.24) is 14.9 Å². The maximum absolute atomic E-state index is 11.9. The number of imidazole rings is 1. The van der Waals surface area contributed by atoms with Crippen LogP contribution in [0.1, 0.15) is 32.0 Å². The number of thiophene rings is 1. The van der Waals surface area contributed by atoms with Crippen LogP contribution in [0.5, 0.6) is 0 Å². The molecular formula is C14H16ClN3OS. The maximum atomic E-state index is 11.9. The second-order valence-electron chi connectivity index (χ2n) is 5.33. The Kier molecular flexibility index (Phi) is 3.56. The van der Waals surface area contributed by atoms with Crippen LogP contribution in [0.4, 0.5) is 0 Å². The van der Waals surface area contributed by atoms with Gasteiger partial charge in [-0.3, -0.25) is 4.79 Å². The highest BCUT2D eigenvalue weighted by molar-refractivity contribution is 7.19. The molecule has 0 bridgehead atoms. The highest BCUT2D eigenvalue weighted by Gasteiger charge is 2.33. The highest BCUT2D eigenvalue weighted by Crippen LogP contribution is 2.32. The van der Waals surface area contributed by atoms with Gasteiger partial charge >= 0.3 is 0 Å². The normalized spacial score (nSPS) is 19.3. The lowest BCUT2D eigenvalue weighted by molar-refractivity contribution is -0.129. The molecule has 1 fully saturated rings. The highest BCUT2D eigenvalue weighted by atomic mass is 35.5. The van der Waals surface area contributed by atoms with E-state index in [0.29, 0.717) is 6.42 Å². The van der Waals surface area contributed by atoms with Crippen molar-refractivity contribution < 1.29 is 4.79 Å². The number of halogens is 1. The molecule has 1 saturated heterocycles. The minimum Gasteiger partial charge on any atom is -0.341 e. The van der Waals surface area contributed by atoms with Crippen LogP contribution in [0, 0.1) is 0 Å². The van der Waals surface area contributed by atoms with E-state index < -0.39 is 0 Å². The number of rotatable bonds is 3. The number of hydrogen-bond acceptors (Lipinski definition) is 3. The van der Waals surface area contributed by atoms with Crippen LogP contribution in [0.2, 0.25) is 4.34 Å². The molecule has 1 amide bonds. The lowest BCUT2D eigenvalue weighted by atomic mass is 10.1. The average Bonchev–Trinajstić information content (AvgIpc) is 3.06. The number of hydrogen-bond donors (Lipinski definition) is 1. The van der Waals surface area contributed by atoms with E-state index in [1.807, 2.05) is 37.1 Å². The van der Waals surface area contributed by atoms with Crippen molar-refractivity contribution in [2.45, 2.75) is 32.2 Å². The van der Waals surface area contributed by atoms with Gasteiger partial charge in [-0.15, -0.1) is 11.3 Å². The summed E-state index contributed by atoms with van der Waals surface area (Å²) >= 11 is 7.47. The third kappa shape index (κ3) is 2.47. The van der Waals surface area contributed by atoms with Crippen LogP contribution < -0.4 is 0 Å². The molecule has 3 rings (SSSR count). The smallest absolute Gasteiger partial charge is 0.223 e. The molecular weight excluding hydrogens is 294 g/mol. The maximum Gasteiger partial charge on any atom is 0.223 e. The molecule has 1 aliphatic heterocycles. The molecule has 1 aliphatic rings. The Morgan fingerprint density at radius 2 is 2.30 bits per heavy atom.